The Morgan fingerprint density at radius 1 is 1.32 bits per heavy atom. The maximum atomic E-state index is 11.8. The van der Waals surface area contributed by atoms with Crippen LogP contribution in [0.4, 0.5) is 4.79 Å². The van der Waals surface area contributed by atoms with Gasteiger partial charge in [0.05, 0.1) is 6.04 Å². The number of nitrogens with two attached hydrogens (primary N) is 1. The average Bonchev–Trinajstić information content (AvgIpc) is 2.94. The van der Waals surface area contributed by atoms with Gasteiger partial charge in [-0.1, -0.05) is 42.7 Å². The first-order chi connectivity index (χ1) is 10.4. The van der Waals surface area contributed by atoms with Crippen molar-refractivity contribution in [2.75, 3.05) is 6.54 Å². The number of hydrogen-bond donors (Lipinski definition) is 3. The summed E-state index contributed by atoms with van der Waals surface area (Å²) in [5.41, 5.74) is 7.65. The Hall–Kier alpha value is -1.88. The lowest BCUT2D eigenvalue weighted by Gasteiger charge is -2.31. The van der Waals surface area contributed by atoms with Gasteiger partial charge in [-0.2, -0.15) is 0 Å². The summed E-state index contributed by atoms with van der Waals surface area (Å²) >= 11 is 0. The largest absolute Gasteiger partial charge is 0.351 e. The fourth-order valence-corrected chi connectivity index (χ4v) is 3.27. The molecule has 0 bridgehead atoms. The van der Waals surface area contributed by atoms with Gasteiger partial charge in [-0.15, -0.1) is 0 Å². The Bertz CT molecular complexity index is 551. The van der Waals surface area contributed by atoms with Crippen molar-refractivity contribution in [1.82, 2.24) is 10.6 Å². The van der Waals surface area contributed by atoms with E-state index in [2.05, 4.69) is 41.8 Å². The smallest absolute Gasteiger partial charge is 0.318 e. The molecule has 1 aliphatic carbocycles. The van der Waals surface area contributed by atoms with E-state index in [9.17, 15) is 9.59 Å². The second kappa shape index (κ2) is 6.92. The minimum atomic E-state index is -0.812. The van der Waals surface area contributed by atoms with Crippen molar-refractivity contribution in [2.24, 2.45) is 5.73 Å². The molecule has 1 fully saturated rings. The predicted molar refractivity (Wildman–Crippen MR) is 86.5 cm³/mol. The summed E-state index contributed by atoms with van der Waals surface area (Å²) in [5.74, 6) is -0.384. The maximum Gasteiger partial charge on any atom is 0.318 e. The molecule has 22 heavy (non-hydrogen) atoms. The molecule has 0 heterocycles. The van der Waals surface area contributed by atoms with E-state index in [-0.39, 0.29) is 11.3 Å². The number of urea groups is 1. The molecule has 1 atom stereocenters. The zero-order chi connectivity index (χ0) is 16.2. The molecule has 0 spiro atoms. The first kappa shape index (κ1) is 16.5. The second-order valence-corrected chi connectivity index (χ2v) is 6.31. The zero-order valence-corrected chi connectivity index (χ0v) is 13.3. The standard InChI is InChI=1S/C17H25N3O2/c1-12-6-5-7-14(10-12)17(8-3-4-9-17)11-19-13(2)15(21)20-16(18)22/h5-7,10,13,19H,3-4,8-9,11H2,1-2H3,(H3,18,20,21,22)/t13-/m0/s1. The van der Waals surface area contributed by atoms with Crippen LogP contribution in [0.2, 0.25) is 0 Å². The minimum Gasteiger partial charge on any atom is -0.351 e. The van der Waals surface area contributed by atoms with Crippen LogP contribution >= 0.6 is 0 Å². The Labute approximate surface area is 131 Å². The van der Waals surface area contributed by atoms with Crippen molar-refractivity contribution in [3.63, 3.8) is 0 Å². The lowest BCUT2D eigenvalue weighted by molar-refractivity contribution is -0.121. The van der Waals surface area contributed by atoms with Crippen molar-refractivity contribution in [3.05, 3.63) is 35.4 Å². The van der Waals surface area contributed by atoms with Gasteiger partial charge in [-0.05, 0) is 32.3 Å². The Balaban J connectivity index is 2.06. The van der Waals surface area contributed by atoms with Gasteiger partial charge in [0.25, 0.3) is 0 Å². The highest BCUT2D eigenvalue weighted by Gasteiger charge is 2.36. The van der Waals surface area contributed by atoms with Gasteiger partial charge in [0, 0.05) is 12.0 Å². The number of primary amides is 1. The van der Waals surface area contributed by atoms with E-state index < -0.39 is 12.1 Å². The molecule has 1 aromatic carbocycles. The summed E-state index contributed by atoms with van der Waals surface area (Å²) < 4.78 is 0. The van der Waals surface area contributed by atoms with Crippen molar-refractivity contribution in [1.29, 1.82) is 0 Å². The third kappa shape index (κ3) is 3.85. The van der Waals surface area contributed by atoms with Crippen LogP contribution in [0.3, 0.4) is 0 Å². The maximum absolute atomic E-state index is 11.8. The van der Waals surface area contributed by atoms with Crippen LogP contribution in [-0.4, -0.2) is 24.5 Å². The molecule has 5 nitrogen and oxygen atoms in total. The first-order valence-electron chi connectivity index (χ1n) is 7.84. The Morgan fingerprint density at radius 2 is 2.00 bits per heavy atom. The second-order valence-electron chi connectivity index (χ2n) is 6.31. The topological polar surface area (TPSA) is 84.2 Å². The third-order valence-electron chi connectivity index (χ3n) is 4.58. The van der Waals surface area contributed by atoms with E-state index >= 15 is 0 Å². The Morgan fingerprint density at radius 3 is 2.59 bits per heavy atom. The summed E-state index contributed by atoms with van der Waals surface area (Å²) in [6, 6.07) is 7.34. The van der Waals surface area contributed by atoms with Gasteiger partial charge < -0.3 is 11.1 Å². The van der Waals surface area contributed by atoms with Gasteiger partial charge in [0.15, 0.2) is 0 Å². The fourth-order valence-electron chi connectivity index (χ4n) is 3.27. The summed E-state index contributed by atoms with van der Waals surface area (Å²) in [5, 5.41) is 5.39. The summed E-state index contributed by atoms with van der Waals surface area (Å²) in [6.45, 7) is 4.57. The van der Waals surface area contributed by atoms with Crippen LogP contribution in [-0.2, 0) is 10.2 Å². The molecule has 1 saturated carbocycles. The van der Waals surface area contributed by atoms with Crippen LogP contribution in [0.15, 0.2) is 24.3 Å². The molecular formula is C17H25N3O2. The van der Waals surface area contributed by atoms with E-state index in [0.29, 0.717) is 0 Å². The molecule has 0 saturated heterocycles. The molecular weight excluding hydrogens is 278 g/mol. The Kier molecular flexibility index (Phi) is 5.19. The van der Waals surface area contributed by atoms with E-state index in [0.717, 1.165) is 19.4 Å². The molecule has 120 valence electrons. The molecule has 1 aromatic rings. The number of aryl methyl sites for hydroxylation is 1. The average molecular weight is 303 g/mol. The molecule has 0 unspecified atom stereocenters. The van der Waals surface area contributed by atoms with Gasteiger partial charge in [-0.3, -0.25) is 10.1 Å². The first-order valence-corrected chi connectivity index (χ1v) is 7.84. The molecule has 1 aliphatic rings. The quantitative estimate of drug-likeness (QED) is 0.777. The molecule has 0 radical (unpaired) electrons. The number of imide groups is 1. The number of hydrogen-bond acceptors (Lipinski definition) is 3. The van der Waals surface area contributed by atoms with E-state index in [1.54, 1.807) is 6.92 Å². The number of carbonyl (C=O) groups excluding carboxylic acids is 2. The molecule has 5 heteroatoms. The predicted octanol–water partition coefficient (Wildman–Crippen LogP) is 1.98. The number of benzene rings is 1. The van der Waals surface area contributed by atoms with Crippen LogP contribution in [0.5, 0.6) is 0 Å². The number of amides is 3. The highest BCUT2D eigenvalue weighted by atomic mass is 16.2. The van der Waals surface area contributed by atoms with Crippen molar-refractivity contribution < 1.29 is 9.59 Å². The fraction of sp³-hybridized carbons (Fsp3) is 0.529. The number of carbonyl (C=O) groups is 2. The van der Waals surface area contributed by atoms with Gasteiger partial charge in [-0.25, -0.2) is 4.79 Å². The highest BCUT2D eigenvalue weighted by molar-refractivity contribution is 5.96. The summed E-state index contributed by atoms with van der Waals surface area (Å²) in [7, 11) is 0. The molecule has 0 aliphatic heterocycles. The van der Waals surface area contributed by atoms with E-state index in [4.69, 9.17) is 5.73 Å². The normalized spacial score (nSPS) is 17.9. The summed E-state index contributed by atoms with van der Waals surface area (Å²) in [6.07, 6.45) is 4.65. The van der Waals surface area contributed by atoms with Crippen LogP contribution in [0.25, 0.3) is 0 Å². The SMILES string of the molecule is Cc1cccc(C2(CN[C@@H](C)C(=O)NC(N)=O)CCCC2)c1. The molecule has 4 N–H and O–H groups in total. The lowest BCUT2D eigenvalue weighted by atomic mass is 9.78. The van der Waals surface area contributed by atoms with Crippen LogP contribution in [0, 0.1) is 6.92 Å². The molecule has 3 amide bonds. The third-order valence-corrected chi connectivity index (χ3v) is 4.58. The van der Waals surface area contributed by atoms with Gasteiger partial charge >= 0.3 is 6.03 Å². The monoisotopic (exact) mass is 303 g/mol. The van der Waals surface area contributed by atoms with E-state index in [1.165, 1.54) is 24.0 Å². The van der Waals surface area contributed by atoms with Crippen molar-refractivity contribution >= 4 is 11.9 Å². The van der Waals surface area contributed by atoms with Gasteiger partial charge in [0.1, 0.15) is 0 Å². The highest BCUT2D eigenvalue weighted by Crippen LogP contribution is 2.40. The van der Waals surface area contributed by atoms with E-state index in [1.807, 2.05) is 0 Å². The summed E-state index contributed by atoms with van der Waals surface area (Å²) in [4.78, 5) is 22.5. The number of rotatable bonds is 5. The minimum absolute atomic E-state index is 0.0767. The zero-order valence-electron chi connectivity index (χ0n) is 13.3. The van der Waals surface area contributed by atoms with Crippen LogP contribution < -0.4 is 16.4 Å². The molecule has 2 rings (SSSR count). The van der Waals surface area contributed by atoms with Crippen molar-refractivity contribution in [3.8, 4) is 0 Å². The lowest BCUT2D eigenvalue weighted by Crippen LogP contribution is -2.49. The van der Waals surface area contributed by atoms with Crippen LogP contribution in [0.1, 0.15) is 43.7 Å². The van der Waals surface area contributed by atoms with Crippen molar-refractivity contribution in [2.45, 2.75) is 51.0 Å². The molecule has 0 aromatic heterocycles. The van der Waals surface area contributed by atoms with Gasteiger partial charge in [0.2, 0.25) is 5.91 Å². The number of nitrogens with one attached hydrogen (secondary N) is 2.